The summed E-state index contributed by atoms with van der Waals surface area (Å²) in [4.78, 5) is 35.7. The highest BCUT2D eigenvalue weighted by Gasteiger charge is 2.28. The number of nitrogens with one attached hydrogen (secondary N) is 2. The predicted molar refractivity (Wildman–Crippen MR) is 101 cm³/mol. The van der Waals surface area contributed by atoms with Gasteiger partial charge in [0.25, 0.3) is 0 Å². The first-order valence-electron chi connectivity index (χ1n) is 9.13. The van der Waals surface area contributed by atoms with Gasteiger partial charge in [0, 0.05) is 40.2 Å². The molecule has 1 aliphatic heterocycles. The molecule has 1 aromatic carbocycles. The number of carbonyl (C=O) groups is 2. The molecule has 1 fully saturated rings. The van der Waals surface area contributed by atoms with Crippen molar-refractivity contribution in [2.45, 2.75) is 26.2 Å². The molecular weight excluding hydrogens is 330 g/mol. The van der Waals surface area contributed by atoms with Crippen LogP contribution >= 0.6 is 0 Å². The molecule has 0 bridgehead atoms. The van der Waals surface area contributed by atoms with Crippen molar-refractivity contribution < 1.29 is 9.59 Å². The number of carbonyl (C=O) groups excluding carboxylic acids is 2. The van der Waals surface area contributed by atoms with Crippen LogP contribution in [0.2, 0.25) is 0 Å². The molecule has 140 valence electrons. The molecule has 0 unspecified atom stereocenters. The highest BCUT2D eigenvalue weighted by Crippen LogP contribution is 2.18. The molecule has 1 aliphatic rings. The molecule has 0 saturated carbocycles. The van der Waals surface area contributed by atoms with Crippen molar-refractivity contribution in [1.82, 2.24) is 25.1 Å². The van der Waals surface area contributed by atoms with Crippen LogP contribution in [0, 0.1) is 12.8 Å². The van der Waals surface area contributed by atoms with E-state index < -0.39 is 0 Å². The third kappa shape index (κ3) is 4.15. The first kappa shape index (κ1) is 18.2. The Hall–Kier alpha value is -2.57. The molecule has 3 rings (SSSR count). The lowest BCUT2D eigenvalue weighted by Crippen LogP contribution is -2.48. The monoisotopic (exact) mass is 357 g/mol. The van der Waals surface area contributed by atoms with Gasteiger partial charge in [0.1, 0.15) is 5.82 Å². The Morgan fingerprint density at radius 3 is 2.96 bits per heavy atom. The van der Waals surface area contributed by atoms with Crippen LogP contribution in [0.4, 0.5) is 4.79 Å². The molecule has 1 atom stereocenters. The van der Waals surface area contributed by atoms with E-state index in [0.717, 1.165) is 36.2 Å². The van der Waals surface area contributed by atoms with E-state index in [-0.39, 0.29) is 17.9 Å². The predicted octanol–water partition coefficient (Wildman–Crippen LogP) is 1.92. The molecular formula is C19H27N5O2. The zero-order valence-corrected chi connectivity index (χ0v) is 15.7. The molecule has 1 saturated heterocycles. The maximum Gasteiger partial charge on any atom is 0.319 e. The van der Waals surface area contributed by atoms with Crippen molar-refractivity contribution in [3.8, 4) is 0 Å². The molecule has 1 aromatic heterocycles. The van der Waals surface area contributed by atoms with Gasteiger partial charge in [-0.05, 0) is 37.5 Å². The average molecular weight is 357 g/mol. The number of imidazole rings is 1. The molecule has 7 heteroatoms. The fourth-order valence-corrected chi connectivity index (χ4v) is 3.39. The Morgan fingerprint density at radius 1 is 1.38 bits per heavy atom. The molecule has 0 aliphatic carbocycles. The normalized spacial score (nSPS) is 17.3. The van der Waals surface area contributed by atoms with Gasteiger partial charge < -0.3 is 20.1 Å². The van der Waals surface area contributed by atoms with Gasteiger partial charge in [-0.25, -0.2) is 9.78 Å². The quantitative estimate of drug-likeness (QED) is 0.877. The lowest BCUT2D eigenvalue weighted by atomic mass is 9.97. The lowest BCUT2D eigenvalue weighted by Gasteiger charge is -2.33. The van der Waals surface area contributed by atoms with Crippen LogP contribution in [0.3, 0.4) is 0 Å². The highest BCUT2D eigenvalue weighted by atomic mass is 16.2. The number of aryl methyl sites for hydroxylation is 1. The lowest BCUT2D eigenvalue weighted by molar-refractivity contribution is -0.126. The van der Waals surface area contributed by atoms with Gasteiger partial charge in [-0.15, -0.1) is 0 Å². The number of H-pyrrole nitrogens is 1. The summed E-state index contributed by atoms with van der Waals surface area (Å²) in [6.45, 7) is 3.80. The summed E-state index contributed by atoms with van der Waals surface area (Å²) in [5, 5.41) is 2.99. The largest absolute Gasteiger partial charge is 0.355 e. The fraction of sp³-hybridized carbons (Fsp3) is 0.526. The summed E-state index contributed by atoms with van der Waals surface area (Å²) in [5.74, 6) is 0.762. The summed E-state index contributed by atoms with van der Waals surface area (Å²) in [5.41, 5.74) is 3.16. The van der Waals surface area contributed by atoms with Gasteiger partial charge >= 0.3 is 6.03 Å². The van der Waals surface area contributed by atoms with E-state index in [4.69, 9.17) is 0 Å². The number of piperidine rings is 1. The number of aromatic amines is 1. The number of likely N-dealkylation sites (tertiary alicyclic amines) is 1. The third-order valence-electron chi connectivity index (χ3n) is 4.79. The zero-order valence-electron chi connectivity index (χ0n) is 15.7. The van der Waals surface area contributed by atoms with Gasteiger partial charge in [0.05, 0.1) is 17.0 Å². The van der Waals surface area contributed by atoms with E-state index in [0.29, 0.717) is 19.5 Å². The number of urea groups is 1. The minimum absolute atomic E-state index is 0.0215. The molecule has 2 heterocycles. The Morgan fingerprint density at radius 2 is 2.19 bits per heavy atom. The van der Waals surface area contributed by atoms with Crippen molar-refractivity contribution in [3.05, 3.63) is 29.6 Å². The third-order valence-corrected chi connectivity index (χ3v) is 4.79. The standard InChI is InChI=1S/C19H27N5O2/c1-13-6-7-15-16(11-13)22-17(21-15)8-9-20-18(25)14-5-4-10-24(12-14)19(26)23(2)3/h6-7,11,14H,4-5,8-10,12H2,1-3H3,(H,20,25)(H,21,22)/t14-/m1/s1. The molecule has 2 aromatic rings. The van der Waals surface area contributed by atoms with Gasteiger partial charge in [0.15, 0.2) is 0 Å². The van der Waals surface area contributed by atoms with Crippen molar-refractivity contribution in [3.63, 3.8) is 0 Å². The topological polar surface area (TPSA) is 81.3 Å². The van der Waals surface area contributed by atoms with Gasteiger partial charge in [-0.1, -0.05) is 6.07 Å². The molecule has 26 heavy (non-hydrogen) atoms. The van der Waals surface area contributed by atoms with Crippen LogP contribution in [-0.4, -0.2) is 65.4 Å². The molecule has 7 nitrogen and oxygen atoms in total. The summed E-state index contributed by atoms with van der Waals surface area (Å²) < 4.78 is 0. The van der Waals surface area contributed by atoms with Crippen LogP contribution in [0.25, 0.3) is 11.0 Å². The Balaban J connectivity index is 1.50. The van der Waals surface area contributed by atoms with Crippen molar-refractivity contribution in [1.29, 1.82) is 0 Å². The second-order valence-corrected chi connectivity index (χ2v) is 7.21. The van der Waals surface area contributed by atoms with Crippen molar-refractivity contribution in [2.75, 3.05) is 33.7 Å². The van der Waals surface area contributed by atoms with E-state index in [1.54, 1.807) is 23.9 Å². The number of hydrogen-bond donors (Lipinski definition) is 2. The van der Waals surface area contributed by atoms with Crippen molar-refractivity contribution in [2.24, 2.45) is 5.92 Å². The van der Waals surface area contributed by atoms with Gasteiger partial charge in [-0.3, -0.25) is 4.79 Å². The maximum absolute atomic E-state index is 12.4. The number of rotatable bonds is 4. The number of fused-ring (bicyclic) bond motifs is 1. The zero-order chi connectivity index (χ0) is 18.7. The molecule has 2 N–H and O–H groups in total. The van der Waals surface area contributed by atoms with Crippen LogP contribution in [0.1, 0.15) is 24.2 Å². The van der Waals surface area contributed by atoms with E-state index in [1.807, 2.05) is 12.1 Å². The van der Waals surface area contributed by atoms with Gasteiger partial charge in [0.2, 0.25) is 5.91 Å². The Labute approximate surface area is 153 Å². The maximum atomic E-state index is 12.4. The second-order valence-electron chi connectivity index (χ2n) is 7.21. The smallest absolute Gasteiger partial charge is 0.319 e. The highest BCUT2D eigenvalue weighted by molar-refractivity contribution is 5.81. The summed E-state index contributed by atoms with van der Waals surface area (Å²) >= 11 is 0. The minimum atomic E-state index is -0.133. The summed E-state index contributed by atoms with van der Waals surface area (Å²) in [6, 6.07) is 6.09. The molecule has 0 spiro atoms. The first-order valence-corrected chi connectivity index (χ1v) is 9.13. The number of benzene rings is 1. The first-order chi connectivity index (χ1) is 12.4. The number of hydrogen-bond acceptors (Lipinski definition) is 3. The van der Waals surface area contributed by atoms with Crippen LogP contribution in [-0.2, 0) is 11.2 Å². The average Bonchev–Trinajstić information content (AvgIpc) is 3.02. The van der Waals surface area contributed by atoms with E-state index >= 15 is 0 Å². The molecule has 3 amide bonds. The van der Waals surface area contributed by atoms with Crippen LogP contribution < -0.4 is 5.32 Å². The fourth-order valence-electron chi connectivity index (χ4n) is 3.39. The van der Waals surface area contributed by atoms with Crippen molar-refractivity contribution >= 4 is 23.0 Å². The van der Waals surface area contributed by atoms with E-state index in [9.17, 15) is 9.59 Å². The van der Waals surface area contributed by atoms with Crippen LogP contribution in [0.15, 0.2) is 18.2 Å². The van der Waals surface area contributed by atoms with Gasteiger partial charge in [-0.2, -0.15) is 0 Å². The SMILES string of the molecule is Cc1ccc2nc(CCNC(=O)[C@@H]3CCCN(C(=O)N(C)C)C3)[nH]c2c1. The molecule has 0 radical (unpaired) electrons. The summed E-state index contributed by atoms with van der Waals surface area (Å²) in [7, 11) is 3.47. The Kier molecular flexibility index (Phi) is 5.44. The number of aromatic nitrogens is 2. The number of amides is 3. The van der Waals surface area contributed by atoms with Crippen LogP contribution in [0.5, 0.6) is 0 Å². The minimum Gasteiger partial charge on any atom is -0.355 e. The van der Waals surface area contributed by atoms with E-state index in [1.165, 1.54) is 5.56 Å². The number of nitrogens with zero attached hydrogens (tertiary/aromatic N) is 3. The van der Waals surface area contributed by atoms with E-state index in [2.05, 4.69) is 28.3 Å². The second kappa shape index (κ2) is 7.76. The summed E-state index contributed by atoms with van der Waals surface area (Å²) in [6.07, 6.45) is 2.35. The Bertz CT molecular complexity index is 798.